The molecule has 3 heterocycles. The summed E-state index contributed by atoms with van der Waals surface area (Å²) in [4.78, 5) is 0. The monoisotopic (exact) mass is 474 g/mol. The lowest BCUT2D eigenvalue weighted by atomic mass is 9.84. The van der Waals surface area contributed by atoms with Crippen LogP contribution < -0.4 is 9.30 Å². The molecule has 2 aliphatic rings. The largest absolute Gasteiger partial charge is 0.455 e. The lowest BCUT2D eigenvalue weighted by molar-refractivity contribution is -0.659. The number of hydrogen-bond acceptors (Lipinski definition) is 2. The van der Waals surface area contributed by atoms with Gasteiger partial charge in [0.25, 0.3) is 0 Å². The quantitative estimate of drug-likeness (QED) is 0.187. The number of aromatic nitrogens is 1. The number of nitrogens with zero attached hydrogens (tertiary/aromatic N) is 1. The molecule has 0 saturated carbocycles. The highest BCUT2D eigenvalue weighted by Gasteiger charge is 2.34. The number of aryl methyl sites for hydroxylation is 2. The van der Waals surface area contributed by atoms with E-state index in [2.05, 4.69) is 93.2 Å². The van der Waals surface area contributed by atoms with Gasteiger partial charge in [-0.2, -0.15) is 0 Å². The standard InChI is InChI=1S/C33H32NO2/c1-19(2)29-25-8-6-5-7-24(25)20(3)30-32-31-26(11-14-34(32)4)27-17-22(21-12-15-35-16-13-21)9-10-23(27)18-28(31)36-33(29)30/h5-11,14,17-19,21H,12-13,15-16H2,1-4H3/q+1. The van der Waals surface area contributed by atoms with Crippen LogP contribution in [0, 0.1) is 6.92 Å². The average molecular weight is 475 g/mol. The van der Waals surface area contributed by atoms with Crippen LogP contribution in [-0.2, 0) is 11.8 Å². The summed E-state index contributed by atoms with van der Waals surface area (Å²) >= 11 is 0. The molecule has 3 nitrogen and oxygen atoms in total. The van der Waals surface area contributed by atoms with Crippen molar-refractivity contribution in [2.24, 2.45) is 7.05 Å². The maximum absolute atomic E-state index is 6.91. The van der Waals surface area contributed by atoms with Gasteiger partial charge in [0.05, 0.1) is 10.9 Å². The van der Waals surface area contributed by atoms with E-state index in [1.54, 1.807) is 0 Å². The Labute approximate surface area is 212 Å². The van der Waals surface area contributed by atoms with Gasteiger partial charge in [-0.1, -0.05) is 56.3 Å². The fourth-order valence-corrected chi connectivity index (χ4v) is 6.62. The van der Waals surface area contributed by atoms with Gasteiger partial charge in [-0.3, -0.25) is 0 Å². The molecule has 0 bridgehead atoms. The highest BCUT2D eigenvalue weighted by atomic mass is 16.5. The van der Waals surface area contributed by atoms with Crippen LogP contribution in [0.2, 0.25) is 0 Å². The summed E-state index contributed by atoms with van der Waals surface area (Å²) in [6.07, 6.45) is 4.42. The molecular formula is C33H32NO2+. The van der Waals surface area contributed by atoms with Crippen molar-refractivity contribution in [1.82, 2.24) is 0 Å². The van der Waals surface area contributed by atoms with Gasteiger partial charge in [0.1, 0.15) is 18.5 Å². The van der Waals surface area contributed by atoms with E-state index in [0.29, 0.717) is 11.8 Å². The van der Waals surface area contributed by atoms with Crippen molar-refractivity contribution in [3.8, 4) is 22.8 Å². The summed E-state index contributed by atoms with van der Waals surface area (Å²) in [5.41, 5.74) is 6.50. The molecule has 3 heteroatoms. The van der Waals surface area contributed by atoms with Gasteiger partial charge in [-0.15, -0.1) is 0 Å². The van der Waals surface area contributed by atoms with Crippen molar-refractivity contribution in [3.05, 3.63) is 77.5 Å². The minimum absolute atomic E-state index is 0.345. The van der Waals surface area contributed by atoms with Crippen molar-refractivity contribution in [1.29, 1.82) is 0 Å². The first kappa shape index (κ1) is 21.8. The fourth-order valence-electron chi connectivity index (χ4n) is 6.62. The Balaban J connectivity index is 1.57. The summed E-state index contributed by atoms with van der Waals surface area (Å²) in [5.74, 6) is 2.91. The smallest absolute Gasteiger partial charge is 0.228 e. The number of hydrogen-bond donors (Lipinski definition) is 0. The van der Waals surface area contributed by atoms with E-state index < -0.39 is 0 Å². The number of fused-ring (bicyclic) bond motifs is 5. The minimum Gasteiger partial charge on any atom is -0.455 e. The zero-order valence-electron chi connectivity index (χ0n) is 21.5. The van der Waals surface area contributed by atoms with Gasteiger partial charge >= 0.3 is 0 Å². The van der Waals surface area contributed by atoms with E-state index in [1.165, 1.54) is 60.3 Å². The van der Waals surface area contributed by atoms with Crippen LogP contribution in [-0.4, -0.2) is 13.2 Å². The Morgan fingerprint density at radius 2 is 1.67 bits per heavy atom. The predicted octanol–water partition coefficient (Wildman–Crippen LogP) is 8.07. The normalized spacial score (nSPS) is 15.6. The third kappa shape index (κ3) is 3.05. The van der Waals surface area contributed by atoms with Crippen LogP contribution in [0.5, 0.6) is 11.5 Å². The van der Waals surface area contributed by atoms with Gasteiger partial charge in [-0.25, -0.2) is 4.57 Å². The summed E-state index contributed by atoms with van der Waals surface area (Å²) in [7, 11) is 2.17. The molecule has 0 radical (unpaired) electrons. The molecule has 0 spiro atoms. The Hall–Kier alpha value is -3.43. The molecule has 4 aromatic carbocycles. The number of benzene rings is 4. The lowest BCUT2D eigenvalue weighted by Gasteiger charge is -2.27. The average Bonchev–Trinajstić information content (AvgIpc) is 2.90. The molecule has 5 aromatic rings. The molecule has 0 amide bonds. The zero-order valence-corrected chi connectivity index (χ0v) is 21.5. The van der Waals surface area contributed by atoms with Crippen molar-refractivity contribution < 1.29 is 14.0 Å². The summed E-state index contributed by atoms with van der Waals surface area (Å²) in [6, 6.07) is 20.3. The SMILES string of the molecule is Cc1c2c(c(C(C)C)c3ccccc13)Oc1cc3ccc(C4CCOCC4)cc3c3cc[n+](C)c-2c13. The molecule has 0 aliphatic carbocycles. The number of ether oxygens (including phenoxy) is 2. The van der Waals surface area contributed by atoms with Crippen molar-refractivity contribution in [3.63, 3.8) is 0 Å². The maximum Gasteiger partial charge on any atom is 0.228 e. The second-order valence-electron chi connectivity index (χ2n) is 10.9. The van der Waals surface area contributed by atoms with Crippen LogP contribution in [0.1, 0.15) is 55.2 Å². The molecule has 1 fully saturated rings. The maximum atomic E-state index is 6.91. The third-order valence-electron chi connectivity index (χ3n) is 8.41. The van der Waals surface area contributed by atoms with Gasteiger partial charge in [-0.05, 0) is 70.3 Å². The van der Waals surface area contributed by atoms with Gasteiger partial charge in [0.2, 0.25) is 5.69 Å². The van der Waals surface area contributed by atoms with Crippen molar-refractivity contribution in [2.75, 3.05) is 13.2 Å². The van der Waals surface area contributed by atoms with E-state index in [1.807, 2.05) is 0 Å². The van der Waals surface area contributed by atoms with Crippen LogP contribution >= 0.6 is 0 Å². The molecule has 2 aliphatic heterocycles. The van der Waals surface area contributed by atoms with Crippen LogP contribution in [0.4, 0.5) is 0 Å². The van der Waals surface area contributed by atoms with Gasteiger partial charge in [0.15, 0.2) is 6.20 Å². The molecule has 1 saturated heterocycles. The predicted molar refractivity (Wildman–Crippen MR) is 147 cm³/mol. The topological polar surface area (TPSA) is 22.3 Å². The molecule has 0 N–H and O–H groups in total. The Bertz CT molecular complexity index is 1690. The van der Waals surface area contributed by atoms with Crippen molar-refractivity contribution >= 4 is 32.3 Å². The second-order valence-corrected chi connectivity index (χ2v) is 10.9. The van der Waals surface area contributed by atoms with E-state index >= 15 is 0 Å². The van der Waals surface area contributed by atoms with E-state index in [4.69, 9.17) is 9.47 Å². The summed E-state index contributed by atoms with van der Waals surface area (Å²) < 4.78 is 14.8. The summed E-state index contributed by atoms with van der Waals surface area (Å²) in [5, 5.41) is 7.65. The Morgan fingerprint density at radius 1 is 0.889 bits per heavy atom. The molecule has 0 atom stereocenters. The third-order valence-corrected chi connectivity index (χ3v) is 8.41. The molecular weight excluding hydrogens is 442 g/mol. The first-order chi connectivity index (χ1) is 17.5. The van der Waals surface area contributed by atoms with Crippen LogP contribution in [0.3, 0.4) is 0 Å². The molecule has 0 unspecified atom stereocenters. The second kappa shape index (κ2) is 8.04. The Kier molecular flexibility index (Phi) is 4.87. The highest BCUT2D eigenvalue weighted by Crippen LogP contribution is 2.53. The summed E-state index contributed by atoms with van der Waals surface area (Å²) in [6.45, 7) is 8.52. The van der Waals surface area contributed by atoms with E-state index in [-0.39, 0.29) is 0 Å². The fraction of sp³-hybridized carbons (Fsp3) is 0.303. The number of rotatable bonds is 2. The first-order valence-electron chi connectivity index (χ1n) is 13.2. The molecule has 180 valence electrons. The lowest BCUT2D eigenvalue weighted by Crippen LogP contribution is -2.32. The molecule has 7 rings (SSSR count). The van der Waals surface area contributed by atoms with E-state index in [9.17, 15) is 0 Å². The van der Waals surface area contributed by atoms with E-state index in [0.717, 1.165) is 37.6 Å². The van der Waals surface area contributed by atoms with Crippen LogP contribution in [0.25, 0.3) is 43.6 Å². The van der Waals surface area contributed by atoms with Crippen molar-refractivity contribution in [2.45, 2.75) is 45.4 Å². The number of pyridine rings is 1. The minimum atomic E-state index is 0.345. The van der Waals surface area contributed by atoms with Gasteiger partial charge in [0, 0.05) is 30.2 Å². The van der Waals surface area contributed by atoms with Crippen LogP contribution in [0.15, 0.2) is 60.8 Å². The van der Waals surface area contributed by atoms with Gasteiger partial charge < -0.3 is 9.47 Å². The first-order valence-corrected chi connectivity index (χ1v) is 13.2. The highest BCUT2D eigenvalue weighted by molar-refractivity contribution is 6.16. The molecule has 1 aromatic heterocycles. The zero-order chi connectivity index (χ0) is 24.6. The Morgan fingerprint density at radius 3 is 2.44 bits per heavy atom. The molecule has 36 heavy (non-hydrogen) atoms.